The monoisotopic (exact) mass is 453 g/mol. The maximum atomic E-state index is 12.4. The molecule has 0 fully saturated rings. The van der Waals surface area contributed by atoms with Crippen LogP contribution in [-0.4, -0.2) is 38.3 Å². The molecule has 0 atom stereocenters. The number of benzene rings is 2. The highest BCUT2D eigenvalue weighted by Gasteiger charge is 2.16. The summed E-state index contributed by atoms with van der Waals surface area (Å²) in [6.45, 7) is 2.12. The van der Waals surface area contributed by atoms with E-state index < -0.39 is 0 Å². The van der Waals surface area contributed by atoms with Crippen molar-refractivity contribution >= 4 is 40.6 Å². The van der Waals surface area contributed by atoms with E-state index in [2.05, 4.69) is 20.6 Å². The van der Waals surface area contributed by atoms with Crippen LogP contribution in [0.4, 0.5) is 5.69 Å². The molecule has 1 N–H and O–H groups in total. The van der Waals surface area contributed by atoms with E-state index in [0.717, 1.165) is 16.8 Å². The second-order valence-electron chi connectivity index (χ2n) is 6.84. The summed E-state index contributed by atoms with van der Waals surface area (Å²) in [5.74, 6) is 1.38. The van der Waals surface area contributed by atoms with Crippen molar-refractivity contribution in [1.29, 1.82) is 0 Å². The molecule has 5 rings (SSSR count). The van der Waals surface area contributed by atoms with Gasteiger partial charge in [-0.25, -0.2) is 0 Å². The summed E-state index contributed by atoms with van der Waals surface area (Å²) >= 11 is 7.37. The number of ether oxygens (including phenoxy) is 2. The summed E-state index contributed by atoms with van der Waals surface area (Å²) in [7, 11) is 0. The van der Waals surface area contributed by atoms with Gasteiger partial charge in [-0.3, -0.25) is 4.79 Å². The minimum absolute atomic E-state index is 0.155. The number of aromatic nitrogens is 4. The minimum atomic E-state index is -0.173. The number of halogens is 1. The lowest BCUT2D eigenvalue weighted by atomic mass is 10.1. The molecule has 0 unspecified atom stereocenters. The first-order valence-corrected chi connectivity index (χ1v) is 10.7. The molecule has 2 aromatic carbocycles. The summed E-state index contributed by atoms with van der Waals surface area (Å²) in [6, 6.07) is 14.8. The SMILES string of the molecule is Cc1ccc(NC(=O)CSc2nnc3ccc(-c4ccc5c(c4)OCO5)nn23)cc1Cl. The first-order chi connectivity index (χ1) is 15.1. The Hall–Kier alpha value is -3.30. The highest BCUT2D eigenvalue weighted by Crippen LogP contribution is 2.35. The van der Waals surface area contributed by atoms with Crippen LogP contribution in [0.25, 0.3) is 16.9 Å². The van der Waals surface area contributed by atoms with E-state index in [0.29, 0.717) is 33.0 Å². The van der Waals surface area contributed by atoms with Crippen LogP contribution < -0.4 is 14.8 Å². The number of carbonyl (C=O) groups is 1. The molecule has 31 heavy (non-hydrogen) atoms. The molecule has 1 amide bonds. The van der Waals surface area contributed by atoms with Crippen molar-refractivity contribution in [2.75, 3.05) is 17.9 Å². The zero-order valence-corrected chi connectivity index (χ0v) is 17.9. The smallest absolute Gasteiger partial charge is 0.234 e. The quantitative estimate of drug-likeness (QED) is 0.452. The lowest BCUT2D eigenvalue weighted by molar-refractivity contribution is -0.113. The average Bonchev–Trinajstić information content (AvgIpc) is 3.40. The molecule has 0 bridgehead atoms. The Bertz CT molecular complexity index is 1310. The van der Waals surface area contributed by atoms with Gasteiger partial charge in [-0.15, -0.1) is 10.2 Å². The van der Waals surface area contributed by atoms with Gasteiger partial charge in [0.05, 0.1) is 11.4 Å². The third-order valence-electron chi connectivity index (χ3n) is 4.69. The number of fused-ring (bicyclic) bond motifs is 2. The molecule has 8 nitrogen and oxygen atoms in total. The van der Waals surface area contributed by atoms with Gasteiger partial charge in [0.1, 0.15) is 0 Å². The summed E-state index contributed by atoms with van der Waals surface area (Å²) in [5, 5.41) is 16.9. The van der Waals surface area contributed by atoms with Gasteiger partial charge in [0.2, 0.25) is 17.9 Å². The van der Waals surface area contributed by atoms with Crippen molar-refractivity contribution in [3.05, 3.63) is 59.1 Å². The van der Waals surface area contributed by atoms with E-state index in [9.17, 15) is 4.79 Å². The number of hydrogen-bond acceptors (Lipinski definition) is 7. The van der Waals surface area contributed by atoms with E-state index in [4.69, 9.17) is 21.1 Å². The number of rotatable bonds is 5. The second kappa shape index (κ2) is 8.09. The first-order valence-electron chi connectivity index (χ1n) is 9.38. The predicted octanol–water partition coefficient (Wildman–Crippen LogP) is 4.21. The molecule has 10 heteroatoms. The second-order valence-corrected chi connectivity index (χ2v) is 8.19. The molecule has 0 saturated carbocycles. The van der Waals surface area contributed by atoms with Crippen molar-refractivity contribution in [1.82, 2.24) is 19.8 Å². The van der Waals surface area contributed by atoms with Crippen molar-refractivity contribution in [3.63, 3.8) is 0 Å². The summed E-state index contributed by atoms with van der Waals surface area (Å²) < 4.78 is 12.4. The number of amides is 1. The third kappa shape index (κ3) is 4.01. The largest absolute Gasteiger partial charge is 0.454 e. The summed E-state index contributed by atoms with van der Waals surface area (Å²) in [6.07, 6.45) is 0. The van der Waals surface area contributed by atoms with Gasteiger partial charge < -0.3 is 14.8 Å². The standard InChI is InChI=1S/C21H16ClN5O3S/c1-12-2-4-14(9-15(12)22)23-20(28)10-31-21-25-24-19-7-5-16(26-27(19)21)13-3-6-17-18(8-13)30-11-29-17/h2-9H,10-11H2,1H3,(H,23,28). The Balaban J connectivity index is 1.32. The number of carbonyl (C=O) groups excluding carboxylic acids is 1. The molecule has 1 aliphatic heterocycles. The Morgan fingerprint density at radius 3 is 2.87 bits per heavy atom. The fraction of sp³-hybridized carbons (Fsp3) is 0.143. The van der Waals surface area contributed by atoms with Gasteiger partial charge in [0.25, 0.3) is 0 Å². The molecular formula is C21H16ClN5O3S. The Morgan fingerprint density at radius 2 is 2.00 bits per heavy atom. The highest BCUT2D eigenvalue weighted by molar-refractivity contribution is 7.99. The van der Waals surface area contributed by atoms with Gasteiger partial charge in [0, 0.05) is 16.3 Å². The van der Waals surface area contributed by atoms with E-state index in [1.54, 1.807) is 10.6 Å². The van der Waals surface area contributed by atoms with Crippen LogP contribution in [0.15, 0.2) is 53.7 Å². The number of aryl methyl sites for hydroxylation is 1. The van der Waals surface area contributed by atoms with Crippen LogP contribution in [0.5, 0.6) is 11.5 Å². The molecule has 0 saturated heterocycles. The van der Waals surface area contributed by atoms with E-state index in [-0.39, 0.29) is 18.5 Å². The first kappa shape index (κ1) is 19.7. The molecule has 0 aliphatic carbocycles. The Labute approximate surface area is 186 Å². The van der Waals surface area contributed by atoms with Gasteiger partial charge in [-0.05, 0) is 55.0 Å². The van der Waals surface area contributed by atoms with E-state index in [1.165, 1.54) is 11.8 Å². The van der Waals surface area contributed by atoms with Gasteiger partial charge in [-0.2, -0.15) is 9.61 Å². The summed E-state index contributed by atoms with van der Waals surface area (Å²) in [5.41, 5.74) is 3.80. The van der Waals surface area contributed by atoms with Crippen molar-refractivity contribution in [2.45, 2.75) is 12.1 Å². The van der Waals surface area contributed by atoms with Crippen LogP contribution in [0.2, 0.25) is 5.02 Å². The Morgan fingerprint density at radius 1 is 1.13 bits per heavy atom. The lowest BCUT2D eigenvalue weighted by Gasteiger charge is -2.07. The van der Waals surface area contributed by atoms with Gasteiger partial charge >= 0.3 is 0 Å². The molecule has 4 aromatic rings. The fourth-order valence-corrected chi connectivity index (χ4v) is 3.93. The van der Waals surface area contributed by atoms with Crippen LogP contribution in [0, 0.1) is 6.92 Å². The topological polar surface area (TPSA) is 90.6 Å². The van der Waals surface area contributed by atoms with Gasteiger partial charge in [0.15, 0.2) is 17.1 Å². The van der Waals surface area contributed by atoms with E-state index >= 15 is 0 Å². The molecule has 1 aliphatic rings. The molecule has 2 aromatic heterocycles. The minimum Gasteiger partial charge on any atom is -0.454 e. The number of nitrogens with one attached hydrogen (secondary N) is 1. The van der Waals surface area contributed by atoms with Crippen LogP contribution in [-0.2, 0) is 4.79 Å². The predicted molar refractivity (Wildman–Crippen MR) is 118 cm³/mol. The molecule has 0 radical (unpaired) electrons. The number of anilines is 1. The molecule has 3 heterocycles. The normalized spacial score (nSPS) is 12.3. The van der Waals surface area contributed by atoms with Crippen LogP contribution >= 0.6 is 23.4 Å². The molecular weight excluding hydrogens is 438 g/mol. The molecule has 0 spiro atoms. The number of nitrogens with zero attached hydrogens (tertiary/aromatic N) is 4. The Kier molecular flexibility index (Phi) is 5.13. The average molecular weight is 454 g/mol. The number of hydrogen-bond donors (Lipinski definition) is 1. The lowest BCUT2D eigenvalue weighted by Crippen LogP contribution is -2.14. The zero-order valence-electron chi connectivity index (χ0n) is 16.3. The van der Waals surface area contributed by atoms with Crippen molar-refractivity contribution in [2.24, 2.45) is 0 Å². The van der Waals surface area contributed by atoms with Crippen molar-refractivity contribution in [3.8, 4) is 22.8 Å². The van der Waals surface area contributed by atoms with Crippen molar-refractivity contribution < 1.29 is 14.3 Å². The van der Waals surface area contributed by atoms with Gasteiger partial charge in [-0.1, -0.05) is 29.4 Å². The fourth-order valence-electron chi connectivity index (χ4n) is 3.07. The van der Waals surface area contributed by atoms with Crippen LogP contribution in [0.1, 0.15) is 5.56 Å². The maximum absolute atomic E-state index is 12.4. The van der Waals surface area contributed by atoms with E-state index in [1.807, 2.05) is 49.4 Å². The maximum Gasteiger partial charge on any atom is 0.234 e. The highest BCUT2D eigenvalue weighted by atomic mass is 35.5. The molecule has 156 valence electrons. The number of thioether (sulfide) groups is 1. The summed E-state index contributed by atoms with van der Waals surface area (Å²) in [4.78, 5) is 12.4. The third-order valence-corrected chi connectivity index (χ3v) is 6.02. The van der Waals surface area contributed by atoms with Crippen LogP contribution in [0.3, 0.4) is 0 Å². The zero-order chi connectivity index (χ0) is 21.4.